The van der Waals surface area contributed by atoms with Gasteiger partial charge in [-0.2, -0.15) is 0 Å². The normalized spacial score (nSPS) is 19.6. The fourth-order valence-electron chi connectivity index (χ4n) is 2.77. The molecule has 1 heterocycles. The van der Waals surface area contributed by atoms with Crippen molar-refractivity contribution >= 4 is 27.5 Å². The number of anilines is 1. The quantitative estimate of drug-likeness (QED) is 0.682. The monoisotopic (exact) mass is 383 g/mol. The maximum absolute atomic E-state index is 12.6. The van der Waals surface area contributed by atoms with Gasteiger partial charge in [-0.15, -0.1) is 0 Å². The fraction of sp³-hybridized carbons (Fsp3) is 0.529. The lowest BCUT2D eigenvalue weighted by Crippen LogP contribution is -2.52. The number of methoxy groups -OCH3 is 1. The average molecular weight is 383 g/mol. The van der Waals surface area contributed by atoms with E-state index in [1.165, 1.54) is 7.11 Å². The molecule has 0 bridgehead atoms. The number of amides is 3. The zero-order chi connectivity index (χ0) is 19.3. The summed E-state index contributed by atoms with van der Waals surface area (Å²) in [7, 11) is -1.58. The van der Waals surface area contributed by atoms with Gasteiger partial charge < -0.3 is 20.7 Å². The van der Waals surface area contributed by atoms with E-state index in [-0.39, 0.29) is 23.3 Å². The highest BCUT2D eigenvalue weighted by Gasteiger charge is 2.31. The van der Waals surface area contributed by atoms with E-state index in [4.69, 9.17) is 4.74 Å². The molecule has 3 amide bonds. The second-order valence-corrected chi connectivity index (χ2v) is 8.86. The van der Waals surface area contributed by atoms with Crippen molar-refractivity contribution in [1.82, 2.24) is 10.6 Å². The summed E-state index contributed by atoms with van der Waals surface area (Å²) in [4.78, 5) is 24.8. The zero-order valence-corrected chi connectivity index (χ0v) is 15.9. The minimum absolute atomic E-state index is 0.0693. The van der Waals surface area contributed by atoms with Crippen LogP contribution in [0.4, 0.5) is 10.5 Å². The third-order valence-electron chi connectivity index (χ3n) is 4.17. The first-order valence-corrected chi connectivity index (χ1v) is 10.3. The maximum atomic E-state index is 12.6. The van der Waals surface area contributed by atoms with Crippen molar-refractivity contribution in [2.24, 2.45) is 5.92 Å². The van der Waals surface area contributed by atoms with Crippen LogP contribution in [0.1, 0.15) is 20.3 Å². The van der Waals surface area contributed by atoms with Crippen molar-refractivity contribution in [3.8, 4) is 5.75 Å². The van der Waals surface area contributed by atoms with Crippen LogP contribution in [-0.4, -0.2) is 51.1 Å². The topological polar surface area (TPSA) is 114 Å². The summed E-state index contributed by atoms with van der Waals surface area (Å²) in [5, 5.41) is 8.01. The van der Waals surface area contributed by atoms with E-state index >= 15 is 0 Å². The Morgan fingerprint density at radius 2 is 1.92 bits per heavy atom. The molecule has 0 radical (unpaired) electrons. The molecule has 2 rings (SSSR count). The summed E-state index contributed by atoms with van der Waals surface area (Å²) in [6.07, 6.45) is 0.384. The summed E-state index contributed by atoms with van der Waals surface area (Å²) in [6.45, 7) is 3.62. The predicted octanol–water partition coefficient (Wildman–Crippen LogP) is 1.14. The van der Waals surface area contributed by atoms with Gasteiger partial charge in [0.25, 0.3) is 0 Å². The van der Waals surface area contributed by atoms with Gasteiger partial charge in [-0.3, -0.25) is 4.79 Å². The number of rotatable bonds is 6. The summed E-state index contributed by atoms with van der Waals surface area (Å²) < 4.78 is 28.2. The molecule has 2 atom stereocenters. The Morgan fingerprint density at radius 1 is 1.23 bits per heavy atom. The molecule has 9 heteroatoms. The number of sulfone groups is 1. The molecule has 1 saturated heterocycles. The minimum atomic E-state index is -3.09. The van der Waals surface area contributed by atoms with E-state index in [1.54, 1.807) is 24.3 Å². The number of hydrogen-bond donors (Lipinski definition) is 3. The summed E-state index contributed by atoms with van der Waals surface area (Å²) in [5.74, 6) is -0.0227. The molecule has 3 N–H and O–H groups in total. The highest BCUT2D eigenvalue weighted by Crippen LogP contribution is 2.23. The maximum Gasteiger partial charge on any atom is 0.315 e. The Kier molecular flexibility index (Phi) is 6.47. The first-order valence-electron chi connectivity index (χ1n) is 8.43. The van der Waals surface area contributed by atoms with Crippen LogP contribution in [0.25, 0.3) is 0 Å². The number of benzene rings is 1. The molecule has 26 heavy (non-hydrogen) atoms. The molecule has 1 aliphatic rings. The van der Waals surface area contributed by atoms with Gasteiger partial charge in [0.05, 0.1) is 24.3 Å². The van der Waals surface area contributed by atoms with Crippen LogP contribution in [0, 0.1) is 5.92 Å². The smallest absolute Gasteiger partial charge is 0.315 e. The third kappa shape index (κ3) is 5.35. The highest BCUT2D eigenvalue weighted by molar-refractivity contribution is 7.91. The number of ether oxygens (including phenoxy) is 1. The second kappa shape index (κ2) is 8.39. The SMILES string of the molecule is COc1ccccc1NC(=O)[C@@H](NC(=O)N[C@H]1CCS(=O)(=O)C1)C(C)C. The highest BCUT2D eigenvalue weighted by atomic mass is 32.2. The van der Waals surface area contributed by atoms with Crippen molar-refractivity contribution in [2.45, 2.75) is 32.4 Å². The van der Waals surface area contributed by atoms with Crippen molar-refractivity contribution in [3.05, 3.63) is 24.3 Å². The number of carbonyl (C=O) groups is 2. The van der Waals surface area contributed by atoms with Gasteiger partial charge in [0.15, 0.2) is 9.84 Å². The van der Waals surface area contributed by atoms with Gasteiger partial charge in [-0.05, 0) is 24.5 Å². The van der Waals surface area contributed by atoms with Crippen molar-refractivity contribution in [2.75, 3.05) is 23.9 Å². The average Bonchev–Trinajstić information content (AvgIpc) is 2.91. The largest absolute Gasteiger partial charge is 0.495 e. The number of carbonyl (C=O) groups excluding carboxylic acids is 2. The lowest BCUT2D eigenvalue weighted by atomic mass is 10.0. The molecule has 0 saturated carbocycles. The molecule has 0 unspecified atom stereocenters. The molecule has 1 fully saturated rings. The Labute approximate surface area is 153 Å². The van der Waals surface area contributed by atoms with Gasteiger partial charge >= 0.3 is 6.03 Å². The van der Waals surface area contributed by atoms with Crippen LogP contribution < -0.4 is 20.7 Å². The number of para-hydroxylation sites is 2. The summed E-state index contributed by atoms with van der Waals surface area (Å²) >= 11 is 0. The Hall–Kier alpha value is -2.29. The van der Waals surface area contributed by atoms with Gasteiger partial charge in [0.2, 0.25) is 5.91 Å². The van der Waals surface area contributed by atoms with Crippen LogP contribution >= 0.6 is 0 Å². The molecule has 8 nitrogen and oxygen atoms in total. The first kappa shape index (κ1) is 20.0. The molecule has 144 valence electrons. The van der Waals surface area contributed by atoms with E-state index in [9.17, 15) is 18.0 Å². The van der Waals surface area contributed by atoms with E-state index in [1.807, 2.05) is 13.8 Å². The Balaban J connectivity index is 1.99. The molecule has 0 aliphatic carbocycles. The molecule has 0 aromatic heterocycles. The van der Waals surface area contributed by atoms with E-state index in [0.29, 0.717) is 17.9 Å². The van der Waals surface area contributed by atoms with Gasteiger partial charge in [0.1, 0.15) is 11.8 Å². The Bertz CT molecular complexity index is 763. The van der Waals surface area contributed by atoms with Crippen molar-refractivity contribution in [1.29, 1.82) is 0 Å². The summed E-state index contributed by atoms with van der Waals surface area (Å²) in [5.41, 5.74) is 0.509. The third-order valence-corrected chi connectivity index (χ3v) is 5.94. The number of urea groups is 1. The lowest BCUT2D eigenvalue weighted by Gasteiger charge is -2.23. The van der Waals surface area contributed by atoms with Crippen LogP contribution in [0.3, 0.4) is 0 Å². The predicted molar refractivity (Wildman–Crippen MR) is 99.0 cm³/mol. The summed E-state index contributed by atoms with van der Waals surface area (Å²) in [6, 6.07) is 5.22. The van der Waals surface area contributed by atoms with Crippen LogP contribution in [0.2, 0.25) is 0 Å². The lowest BCUT2D eigenvalue weighted by molar-refractivity contribution is -0.118. The Morgan fingerprint density at radius 3 is 2.50 bits per heavy atom. The molecular weight excluding hydrogens is 358 g/mol. The minimum Gasteiger partial charge on any atom is -0.495 e. The van der Waals surface area contributed by atoms with E-state index in [0.717, 1.165) is 0 Å². The number of hydrogen-bond acceptors (Lipinski definition) is 5. The van der Waals surface area contributed by atoms with Crippen LogP contribution in [-0.2, 0) is 14.6 Å². The fourth-order valence-corrected chi connectivity index (χ4v) is 4.44. The zero-order valence-electron chi connectivity index (χ0n) is 15.1. The molecule has 0 spiro atoms. The van der Waals surface area contributed by atoms with E-state index in [2.05, 4.69) is 16.0 Å². The molecular formula is C17H25N3O5S. The van der Waals surface area contributed by atoms with Crippen molar-refractivity contribution in [3.63, 3.8) is 0 Å². The molecule has 1 aromatic rings. The number of nitrogens with one attached hydrogen (secondary N) is 3. The van der Waals surface area contributed by atoms with Gasteiger partial charge in [-0.1, -0.05) is 26.0 Å². The van der Waals surface area contributed by atoms with Gasteiger partial charge in [0, 0.05) is 6.04 Å². The van der Waals surface area contributed by atoms with Crippen LogP contribution in [0.5, 0.6) is 5.75 Å². The molecule has 1 aliphatic heterocycles. The standard InChI is InChI=1S/C17H25N3O5S/c1-11(2)15(16(21)19-13-6-4-5-7-14(13)25-3)20-17(22)18-12-8-9-26(23,24)10-12/h4-7,11-12,15H,8-10H2,1-3H3,(H,19,21)(H2,18,20,22)/t12-,15-/m0/s1. The van der Waals surface area contributed by atoms with E-state index < -0.39 is 28.0 Å². The van der Waals surface area contributed by atoms with Crippen molar-refractivity contribution < 1.29 is 22.7 Å². The molecule has 1 aromatic carbocycles. The van der Waals surface area contributed by atoms with Gasteiger partial charge in [-0.25, -0.2) is 13.2 Å². The van der Waals surface area contributed by atoms with Crippen LogP contribution in [0.15, 0.2) is 24.3 Å². The second-order valence-electron chi connectivity index (χ2n) is 6.63. The first-order chi connectivity index (χ1) is 12.2.